The smallest absolute Gasteiger partial charge is 0.252 e. The molecule has 1 aliphatic heterocycles. The minimum absolute atomic E-state index is 0.0674. The highest BCUT2D eigenvalue weighted by molar-refractivity contribution is 7.80. The number of para-hydroxylation sites is 1. The van der Waals surface area contributed by atoms with E-state index in [2.05, 4.69) is 6.92 Å². The molecule has 4 heteroatoms. The van der Waals surface area contributed by atoms with E-state index in [1.807, 2.05) is 36.1 Å². The molecular formula is C13H16N2OS. The third kappa shape index (κ3) is 2.05. The van der Waals surface area contributed by atoms with Gasteiger partial charge in [0.05, 0.1) is 12.2 Å². The Balaban J connectivity index is 2.40. The van der Waals surface area contributed by atoms with Crippen molar-refractivity contribution in [2.45, 2.75) is 20.3 Å². The summed E-state index contributed by atoms with van der Waals surface area (Å²) in [5.41, 5.74) is 2.09. The van der Waals surface area contributed by atoms with Gasteiger partial charge in [0.15, 0.2) is 5.11 Å². The van der Waals surface area contributed by atoms with E-state index in [-0.39, 0.29) is 5.91 Å². The molecule has 0 bridgehead atoms. The minimum atomic E-state index is 0.0674. The zero-order chi connectivity index (χ0) is 12.4. The van der Waals surface area contributed by atoms with E-state index < -0.39 is 0 Å². The molecule has 1 amide bonds. The molecule has 3 nitrogen and oxygen atoms in total. The van der Waals surface area contributed by atoms with E-state index >= 15 is 0 Å². The van der Waals surface area contributed by atoms with Crippen LogP contribution in [-0.4, -0.2) is 29.0 Å². The predicted molar refractivity (Wildman–Crippen MR) is 73.2 cm³/mol. The van der Waals surface area contributed by atoms with Crippen molar-refractivity contribution in [1.29, 1.82) is 0 Å². The lowest BCUT2D eigenvalue weighted by molar-refractivity contribution is -0.116. The van der Waals surface area contributed by atoms with Crippen LogP contribution in [0.4, 0.5) is 5.69 Å². The van der Waals surface area contributed by atoms with Crippen LogP contribution in [0.25, 0.3) is 0 Å². The van der Waals surface area contributed by atoms with Gasteiger partial charge in [-0.1, -0.05) is 25.1 Å². The Morgan fingerprint density at radius 3 is 2.59 bits per heavy atom. The van der Waals surface area contributed by atoms with Gasteiger partial charge in [0.2, 0.25) is 0 Å². The van der Waals surface area contributed by atoms with Crippen LogP contribution in [0.1, 0.15) is 19.4 Å². The van der Waals surface area contributed by atoms with Gasteiger partial charge in [0, 0.05) is 6.54 Å². The van der Waals surface area contributed by atoms with Crippen molar-refractivity contribution in [2.75, 3.05) is 18.0 Å². The Hall–Kier alpha value is -1.42. The predicted octanol–water partition coefficient (Wildman–Crippen LogP) is 2.20. The molecule has 90 valence electrons. The van der Waals surface area contributed by atoms with Gasteiger partial charge in [0.25, 0.3) is 5.91 Å². The molecule has 2 rings (SSSR count). The van der Waals surface area contributed by atoms with Crippen LogP contribution in [-0.2, 0) is 11.2 Å². The summed E-state index contributed by atoms with van der Waals surface area (Å²) < 4.78 is 0. The third-order valence-electron chi connectivity index (χ3n) is 3.03. The summed E-state index contributed by atoms with van der Waals surface area (Å²) >= 11 is 5.36. The number of rotatable bonds is 3. The van der Waals surface area contributed by atoms with E-state index in [9.17, 15) is 4.79 Å². The molecule has 1 heterocycles. The lowest BCUT2D eigenvalue weighted by Gasteiger charge is -2.21. The van der Waals surface area contributed by atoms with Crippen molar-refractivity contribution in [3.8, 4) is 0 Å². The Labute approximate surface area is 107 Å². The first kappa shape index (κ1) is 12.0. The molecule has 0 unspecified atom stereocenters. The van der Waals surface area contributed by atoms with Gasteiger partial charge >= 0.3 is 0 Å². The van der Waals surface area contributed by atoms with Crippen LogP contribution in [0.5, 0.6) is 0 Å². The average Bonchev–Trinajstić information content (AvgIpc) is 2.64. The van der Waals surface area contributed by atoms with Gasteiger partial charge in [0.1, 0.15) is 0 Å². The number of thiocarbonyl (C=S) groups is 1. The normalized spacial score (nSPS) is 15.9. The Morgan fingerprint density at radius 1 is 1.29 bits per heavy atom. The Morgan fingerprint density at radius 2 is 2.00 bits per heavy atom. The van der Waals surface area contributed by atoms with Crippen molar-refractivity contribution >= 4 is 28.9 Å². The maximum absolute atomic E-state index is 12.0. The minimum Gasteiger partial charge on any atom is -0.339 e. The van der Waals surface area contributed by atoms with Crippen LogP contribution >= 0.6 is 12.2 Å². The number of hydrogen-bond acceptors (Lipinski definition) is 2. The van der Waals surface area contributed by atoms with Gasteiger partial charge in [-0.25, -0.2) is 0 Å². The lowest BCUT2D eigenvalue weighted by atomic mass is 10.1. The van der Waals surface area contributed by atoms with Crippen molar-refractivity contribution in [1.82, 2.24) is 4.90 Å². The summed E-state index contributed by atoms with van der Waals surface area (Å²) in [6.45, 7) is 5.26. The van der Waals surface area contributed by atoms with Crippen LogP contribution in [0.2, 0.25) is 0 Å². The number of hydrogen-bond donors (Lipinski definition) is 0. The Bertz CT molecular complexity index is 458. The molecule has 1 aromatic rings. The van der Waals surface area contributed by atoms with Gasteiger partial charge in [-0.15, -0.1) is 0 Å². The SMILES string of the molecule is CCc1ccccc1N1C(=O)CN(CC)C1=S. The first-order valence-electron chi connectivity index (χ1n) is 5.88. The summed E-state index contributed by atoms with van der Waals surface area (Å²) in [5, 5.41) is 0.624. The maximum Gasteiger partial charge on any atom is 0.252 e. The number of carbonyl (C=O) groups is 1. The largest absolute Gasteiger partial charge is 0.339 e. The molecule has 1 aromatic carbocycles. The van der Waals surface area contributed by atoms with E-state index in [4.69, 9.17) is 12.2 Å². The number of benzene rings is 1. The molecule has 0 aliphatic carbocycles. The van der Waals surface area contributed by atoms with E-state index in [0.29, 0.717) is 11.7 Å². The fourth-order valence-corrected chi connectivity index (χ4v) is 2.46. The fraction of sp³-hybridized carbons (Fsp3) is 0.385. The highest BCUT2D eigenvalue weighted by Gasteiger charge is 2.33. The number of amides is 1. The number of anilines is 1. The average molecular weight is 248 g/mol. The van der Waals surface area contributed by atoms with Crippen molar-refractivity contribution < 1.29 is 4.79 Å². The summed E-state index contributed by atoms with van der Waals surface area (Å²) in [4.78, 5) is 15.6. The standard InChI is InChI=1S/C13H16N2OS/c1-3-10-7-5-6-8-11(10)15-12(16)9-14(4-2)13(15)17/h5-8H,3-4,9H2,1-2H3. The molecule has 0 saturated carbocycles. The van der Waals surface area contributed by atoms with E-state index in [1.54, 1.807) is 4.90 Å². The molecule has 0 spiro atoms. The van der Waals surface area contributed by atoms with Crippen LogP contribution in [0.3, 0.4) is 0 Å². The molecule has 0 atom stereocenters. The first-order valence-corrected chi connectivity index (χ1v) is 6.29. The van der Waals surface area contributed by atoms with Gasteiger partial charge in [-0.05, 0) is 37.2 Å². The highest BCUT2D eigenvalue weighted by atomic mass is 32.1. The van der Waals surface area contributed by atoms with Crippen molar-refractivity contribution in [2.24, 2.45) is 0 Å². The zero-order valence-electron chi connectivity index (χ0n) is 10.1. The number of carbonyl (C=O) groups excluding carboxylic acids is 1. The number of likely N-dealkylation sites (N-methyl/N-ethyl adjacent to an activating group) is 1. The second-order valence-corrected chi connectivity index (χ2v) is 4.37. The zero-order valence-corrected chi connectivity index (χ0v) is 11.0. The van der Waals surface area contributed by atoms with Gasteiger partial charge in [-0.3, -0.25) is 9.69 Å². The summed E-state index contributed by atoms with van der Waals surface area (Å²) in [6.07, 6.45) is 0.898. The maximum atomic E-state index is 12.0. The third-order valence-corrected chi connectivity index (χ3v) is 3.47. The number of aryl methyl sites for hydroxylation is 1. The summed E-state index contributed by atoms with van der Waals surface area (Å²) in [6, 6.07) is 7.94. The first-order chi connectivity index (χ1) is 8.19. The molecule has 0 aromatic heterocycles. The van der Waals surface area contributed by atoms with E-state index in [0.717, 1.165) is 24.2 Å². The van der Waals surface area contributed by atoms with Gasteiger partial charge < -0.3 is 4.90 Å². The van der Waals surface area contributed by atoms with Crippen molar-refractivity contribution in [3.05, 3.63) is 29.8 Å². The fourth-order valence-electron chi connectivity index (χ4n) is 2.06. The van der Waals surface area contributed by atoms with Crippen molar-refractivity contribution in [3.63, 3.8) is 0 Å². The second-order valence-electron chi connectivity index (χ2n) is 4.01. The van der Waals surface area contributed by atoms with Crippen LogP contribution in [0, 0.1) is 0 Å². The Kier molecular flexibility index (Phi) is 3.43. The lowest BCUT2D eigenvalue weighted by Crippen LogP contribution is -2.33. The molecule has 1 fully saturated rings. The second kappa shape index (κ2) is 4.84. The molecule has 0 N–H and O–H groups in total. The molecule has 0 radical (unpaired) electrons. The van der Waals surface area contributed by atoms with Crippen LogP contribution < -0.4 is 4.90 Å². The van der Waals surface area contributed by atoms with Crippen LogP contribution in [0.15, 0.2) is 24.3 Å². The highest BCUT2D eigenvalue weighted by Crippen LogP contribution is 2.25. The molecule has 17 heavy (non-hydrogen) atoms. The summed E-state index contributed by atoms with van der Waals surface area (Å²) in [7, 11) is 0. The molecule has 1 saturated heterocycles. The molecular weight excluding hydrogens is 232 g/mol. The quantitative estimate of drug-likeness (QED) is 0.766. The summed E-state index contributed by atoms with van der Waals surface area (Å²) in [5.74, 6) is 0.0674. The monoisotopic (exact) mass is 248 g/mol. The van der Waals surface area contributed by atoms with E-state index in [1.165, 1.54) is 0 Å². The van der Waals surface area contributed by atoms with Gasteiger partial charge in [-0.2, -0.15) is 0 Å². The molecule has 1 aliphatic rings. The number of nitrogens with zero attached hydrogens (tertiary/aromatic N) is 2. The topological polar surface area (TPSA) is 23.6 Å².